The fourth-order valence-corrected chi connectivity index (χ4v) is 4.40. The number of fused-ring (bicyclic) bond motifs is 1. The summed E-state index contributed by atoms with van der Waals surface area (Å²) in [4.78, 5) is 0. The van der Waals surface area contributed by atoms with Crippen molar-refractivity contribution in [2.24, 2.45) is 0 Å². The standard InChI is InChI=1S/C17F24/c18-2-1(3(19)5(21)6(22)4(2)20)7(23,24)8(25)11(28,29)9(26)10(27,13(32,33)12(8,30)31)15(36,37)17(40,41)16(38,39)14(9,34)35. The minimum absolute atomic E-state index is 3.63. The van der Waals surface area contributed by atoms with Gasteiger partial charge in [-0.15, -0.1) is 0 Å². The predicted octanol–water partition coefficient (Wildman–Crippen LogP) is 8.07. The molecule has 3 rings (SSSR count). The van der Waals surface area contributed by atoms with Crippen LogP contribution in [0.5, 0.6) is 0 Å². The van der Waals surface area contributed by atoms with Gasteiger partial charge in [-0.25, -0.2) is 35.1 Å². The molecule has 1 aromatic rings. The van der Waals surface area contributed by atoms with Gasteiger partial charge in [-0.05, 0) is 0 Å². The minimum atomic E-state index is -9.42. The maximum Gasteiger partial charge on any atom is 0.382 e. The number of hydrogen-bond donors (Lipinski definition) is 0. The number of benzene rings is 1. The van der Waals surface area contributed by atoms with E-state index in [2.05, 4.69) is 0 Å². The number of alkyl halides is 19. The summed E-state index contributed by atoms with van der Waals surface area (Å²) in [6.07, 6.45) is 0. The molecule has 0 aliphatic heterocycles. The molecule has 24 heteroatoms. The average molecular weight is 660 g/mol. The van der Waals surface area contributed by atoms with Gasteiger partial charge in [-0.3, -0.25) is 0 Å². The zero-order chi connectivity index (χ0) is 33.0. The molecule has 1 aromatic carbocycles. The summed E-state index contributed by atoms with van der Waals surface area (Å²) in [7, 11) is 0. The van der Waals surface area contributed by atoms with Gasteiger partial charge in [0, 0.05) is 0 Å². The molecule has 236 valence electrons. The summed E-state index contributed by atoms with van der Waals surface area (Å²) in [5.74, 6) is -92.0. The lowest BCUT2D eigenvalue weighted by molar-refractivity contribution is -0.560. The first kappa shape index (κ1) is 33.0. The summed E-state index contributed by atoms with van der Waals surface area (Å²) in [5.41, 5.74) is -32.7. The summed E-state index contributed by atoms with van der Waals surface area (Å²) < 4.78 is 340. The first-order valence-electron chi connectivity index (χ1n) is 9.29. The quantitative estimate of drug-likeness (QED) is 0.171. The van der Waals surface area contributed by atoms with Crippen LogP contribution >= 0.6 is 0 Å². The van der Waals surface area contributed by atoms with Crippen molar-refractivity contribution in [2.75, 3.05) is 0 Å². The molecule has 0 saturated heterocycles. The van der Waals surface area contributed by atoms with Crippen molar-refractivity contribution in [3.63, 3.8) is 0 Å². The Bertz CT molecular complexity index is 1280. The Labute approximate surface area is 205 Å². The van der Waals surface area contributed by atoms with Crippen molar-refractivity contribution < 1.29 is 105 Å². The molecule has 0 nitrogen and oxygen atoms in total. The summed E-state index contributed by atoms with van der Waals surface area (Å²) >= 11 is 0. The first-order valence-corrected chi connectivity index (χ1v) is 9.29. The lowest BCUT2D eigenvalue weighted by atomic mass is 9.51. The highest BCUT2D eigenvalue weighted by atomic mass is 19.4. The van der Waals surface area contributed by atoms with Crippen molar-refractivity contribution in [1.29, 1.82) is 0 Å². The Morgan fingerprint density at radius 2 is 0.561 bits per heavy atom. The SMILES string of the molecule is Fc1c(F)c(F)c(C(F)(F)C2(F)C(F)(F)C(F)(F)C3(F)C(F)(F)C(F)(F)C(F)(F)C(F)(F)C3(F)C2(F)F)c(F)c1F. The molecule has 41 heavy (non-hydrogen) atoms. The number of rotatable bonds is 2. The Balaban J connectivity index is 2.69. The molecule has 3 atom stereocenters. The average Bonchev–Trinajstić information content (AvgIpc) is 2.81. The maximum absolute atomic E-state index is 15.2. The second-order valence-electron chi connectivity index (χ2n) is 8.52. The zero-order valence-corrected chi connectivity index (χ0v) is 17.6. The van der Waals surface area contributed by atoms with E-state index in [1.54, 1.807) is 0 Å². The van der Waals surface area contributed by atoms with E-state index < -0.39 is 99.0 Å². The van der Waals surface area contributed by atoms with Crippen molar-refractivity contribution in [3.8, 4) is 0 Å². The van der Waals surface area contributed by atoms with Crippen LogP contribution < -0.4 is 0 Å². The summed E-state index contributed by atoms with van der Waals surface area (Å²) in [5, 5.41) is 0. The van der Waals surface area contributed by atoms with Crippen LogP contribution in [0, 0.1) is 29.1 Å². The van der Waals surface area contributed by atoms with E-state index in [-0.39, 0.29) is 0 Å². The van der Waals surface area contributed by atoms with E-state index >= 15 is 8.78 Å². The van der Waals surface area contributed by atoms with E-state index in [1.165, 1.54) is 0 Å². The van der Waals surface area contributed by atoms with Gasteiger partial charge in [0.05, 0.1) is 0 Å². The van der Waals surface area contributed by atoms with Crippen LogP contribution in [0.25, 0.3) is 0 Å². The second-order valence-corrected chi connectivity index (χ2v) is 8.52. The van der Waals surface area contributed by atoms with Crippen molar-refractivity contribution in [2.45, 2.75) is 64.4 Å². The third-order valence-electron chi connectivity index (χ3n) is 6.60. The van der Waals surface area contributed by atoms with Gasteiger partial charge in [0.2, 0.25) is 5.82 Å². The normalized spacial score (nSPS) is 36.0. The van der Waals surface area contributed by atoms with Crippen LogP contribution in [-0.4, -0.2) is 58.5 Å². The Morgan fingerprint density at radius 3 is 0.878 bits per heavy atom. The van der Waals surface area contributed by atoms with Gasteiger partial charge < -0.3 is 0 Å². The topological polar surface area (TPSA) is 0 Å². The zero-order valence-electron chi connectivity index (χ0n) is 17.6. The van der Waals surface area contributed by atoms with Crippen LogP contribution in [-0.2, 0) is 5.92 Å². The van der Waals surface area contributed by atoms with Gasteiger partial charge in [-0.2, -0.15) is 70.2 Å². The molecule has 2 fully saturated rings. The van der Waals surface area contributed by atoms with Crippen molar-refractivity contribution in [1.82, 2.24) is 0 Å². The van der Waals surface area contributed by atoms with Crippen LogP contribution in [0.2, 0.25) is 0 Å². The van der Waals surface area contributed by atoms with Crippen molar-refractivity contribution >= 4 is 0 Å². The molecule has 0 amide bonds. The van der Waals surface area contributed by atoms with E-state index in [0.717, 1.165) is 0 Å². The van der Waals surface area contributed by atoms with Gasteiger partial charge in [-0.1, -0.05) is 0 Å². The Hall–Kier alpha value is -2.46. The molecule has 2 aliphatic carbocycles. The van der Waals surface area contributed by atoms with Gasteiger partial charge in [0.1, 0.15) is 5.56 Å². The molecule has 0 N–H and O–H groups in total. The largest absolute Gasteiger partial charge is 0.382 e. The Morgan fingerprint density at radius 1 is 0.317 bits per heavy atom. The summed E-state index contributed by atoms with van der Waals surface area (Å²) in [6.45, 7) is 0. The molecule has 2 aliphatic rings. The Kier molecular flexibility index (Phi) is 6.08. The maximum atomic E-state index is 15.2. The molecular formula is C17F24. The van der Waals surface area contributed by atoms with Crippen molar-refractivity contribution in [3.05, 3.63) is 34.6 Å². The molecular weight excluding hydrogens is 660 g/mol. The smallest absolute Gasteiger partial charge is 0.226 e. The first-order chi connectivity index (χ1) is 17.7. The predicted molar refractivity (Wildman–Crippen MR) is 76.3 cm³/mol. The second kappa shape index (κ2) is 7.54. The lowest BCUT2D eigenvalue weighted by Gasteiger charge is -2.65. The monoisotopic (exact) mass is 660 g/mol. The third kappa shape index (κ3) is 2.58. The molecule has 2 saturated carbocycles. The molecule has 0 radical (unpaired) electrons. The van der Waals surface area contributed by atoms with Gasteiger partial charge >= 0.3 is 53.0 Å². The summed E-state index contributed by atoms with van der Waals surface area (Å²) in [6, 6.07) is 0. The van der Waals surface area contributed by atoms with Crippen LogP contribution in [0.1, 0.15) is 5.56 Å². The highest BCUT2D eigenvalue weighted by Gasteiger charge is 3.16. The minimum Gasteiger partial charge on any atom is -0.226 e. The highest BCUT2D eigenvalue weighted by molar-refractivity contribution is 5.47. The molecule has 0 spiro atoms. The fourth-order valence-electron chi connectivity index (χ4n) is 4.40. The van der Waals surface area contributed by atoms with Crippen LogP contribution in [0.15, 0.2) is 0 Å². The fraction of sp³-hybridized carbons (Fsp3) is 0.647. The molecule has 0 aromatic heterocycles. The van der Waals surface area contributed by atoms with E-state index in [0.29, 0.717) is 0 Å². The molecule has 3 unspecified atom stereocenters. The van der Waals surface area contributed by atoms with E-state index in [1.807, 2.05) is 0 Å². The van der Waals surface area contributed by atoms with Crippen LogP contribution in [0.4, 0.5) is 105 Å². The highest BCUT2D eigenvalue weighted by Crippen LogP contribution is 2.82. The molecule has 0 bridgehead atoms. The van der Waals surface area contributed by atoms with E-state index in [4.69, 9.17) is 0 Å². The van der Waals surface area contributed by atoms with Gasteiger partial charge in [0.15, 0.2) is 23.3 Å². The number of halogens is 24. The third-order valence-corrected chi connectivity index (χ3v) is 6.60. The molecule has 0 heterocycles. The lowest BCUT2D eigenvalue weighted by Crippen LogP contribution is -3.00. The number of hydrogen-bond acceptors (Lipinski definition) is 0. The van der Waals surface area contributed by atoms with E-state index in [9.17, 15) is 96.6 Å². The van der Waals surface area contributed by atoms with Crippen LogP contribution in [0.3, 0.4) is 0 Å². The van der Waals surface area contributed by atoms with Gasteiger partial charge in [0.25, 0.3) is 11.3 Å².